The van der Waals surface area contributed by atoms with E-state index in [-0.39, 0.29) is 0 Å². The van der Waals surface area contributed by atoms with Gasteiger partial charge < -0.3 is 15.1 Å². The first-order chi connectivity index (χ1) is 6.61. The van der Waals surface area contributed by atoms with Gasteiger partial charge in [0.1, 0.15) is 0 Å². The average Bonchev–Trinajstić information content (AvgIpc) is 2.83. The molecule has 0 aromatic heterocycles. The molecule has 0 radical (unpaired) electrons. The molecule has 1 aliphatic carbocycles. The van der Waals surface area contributed by atoms with Crippen molar-refractivity contribution in [2.45, 2.75) is 12.4 Å². The predicted molar refractivity (Wildman–Crippen MR) is 55.7 cm³/mol. The fourth-order valence-corrected chi connectivity index (χ4v) is 2.88. The molecule has 0 amide bonds. The minimum absolute atomic E-state index is 0.959. The quantitative estimate of drug-likeness (QED) is 0.585. The number of rotatable bonds is 1. The van der Waals surface area contributed by atoms with Crippen LogP contribution in [0.15, 0.2) is 30.3 Å². The van der Waals surface area contributed by atoms with Crippen molar-refractivity contribution in [3.8, 4) is 0 Å². The summed E-state index contributed by atoms with van der Waals surface area (Å²) in [5, 5.41) is 21.5. The van der Waals surface area contributed by atoms with Crippen LogP contribution in [-0.4, -0.2) is 71.3 Å². The molecule has 70 valence electrons. The summed E-state index contributed by atoms with van der Waals surface area (Å²) in [6.07, 6.45) is 1.48. The van der Waals surface area contributed by atoms with Crippen LogP contribution in [0.5, 0.6) is 0 Å². The molecule has 3 N–H and O–H groups in total. The van der Waals surface area contributed by atoms with Gasteiger partial charge in [-0.15, -0.1) is 0 Å². The molecule has 1 aromatic rings. The second-order valence-corrected chi connectivity index (χ2v) is 5.89. The van der Waals surface area contributed by atoms with Crippen molar-refractivity contribution < 1.29 is 15.1 Å². The first kappa shape index (κ1) is 12.9. The summed E-state index contributed by atoms with van der Waals surface area (Å²) in [5.41, 5.74) is 1.57. The second kappa shape index (κ2) is 6.40. The summed E-state index contributed by atoms with van der Waals surface area (Å²) in [4.78, 5) is 0. The molecule has 14 heavy (non-hydrogen) atoms. The molecule has 1 fully saturated rings. The minimum atomic E-state index is -2.17. The Morgan fingerprint density at radius 2 is 1.57 bits per heavy atom. The van der Waals surface area contributed by atoms with Crippen LogP contribution >= 0.6 is 0 Å². The van der Waals surface area contributed by atoms with E-state index in [4.69, 9.17) is 15.1 Å². The van der Waals surface area contributed by atoms with Gasteiger partial charge in [-0.3, -0.25) is 0 Å². The van der Waals surface area contributed by atoms with E-state index >= 15 is 0 Å². The van der Waals surface area contributed by atoms with E-state index in [1.807, 2.05) is 0 Å². The molecule has 0 heterocycles. The van der Waals surface area contributed by atoms with E-state index in [0.717, 1.165) is 54.9 Å². The average molecular weight is 218 g/mol. The standard InChI is InChI=1S/C9H9.BH3O3.K/c1-2-4-8(5-3-1)9-6-7-9;2-1(3)4;/h1-6,9H,7H2;2-4H;. The van der Waals surface area contributed by atoms with Gasteiger partial charge in [0.25, 0.3) is 0 Å². The van der Waals surface area contributed by atoms with Crippen molar-refractivity contribution in [1.29, 1.82) is 0 Å². The molecule has 1 aromatic carbocycles. The van der Waals surface area contributed by atoms with Crippen LogP contribution < -0.4 is 0 Å². The van der Waals surface area contributed by atoms with Gasteiger partial charge in [-0.25, -0.2) is 0 Å². The van der Waals surface area contributed by atoms with E-state index in [2.05, 4.69) is 30.3 Å². The third-order valence-electron chi connectivity index (χ3n) is 2.34. The Kier molecular flexibility index (Phi) is 5.88. The maximum atomic E-state index is 7.17. The third-order valence-corrected chi connectivity index (χ3v) is 4.33. The fraction of sp³-hybridized carbons (Fsp3) is 0.333. The zero-order chi connectivity index (χ0) is 10.6. The van der Waals surface area contributed by atoms with E-state index in [0.29, 0.717) is 0 Å². The van der Waals surface area contributed by atoms with Gasteiger partial charge in [-0.05, 0) is 0 Å². The molecule has 2 unspecified atom stereocenters. The topological polar surface area (TPSA) is 60.7 Å². The van der Waals surface area contributed by atoms with Crippen molar-refractivity contribution in [3.63, 3.8) is 0 Å². The Labute approximate surface area is 118 Å². The summed E-state index contributed by atoms with van der Waals surface area (Å²) in [6.45, 7) is 0. The van der Waals surface area contributed by atoms with E-state index < -0.39 is 7.32 Å². The molecule has 0 aliphatic heterocycles. The van der Waals surface area contributed by atoms with Crippen LogP contribution in [0.1, 0.15) is 17.9 Å². The van der Waals surface area contributed by atoms with Crippen LogP contribution in [0.25, 0.3) is 0 Å². The summed E-state index contributed by atoms with van der Waals surface area (Å²) in [7, 11) is -2.17. The normalized spacial score (nSPS) is 23.5. The molecular formula is C9H12BKO3. The number of benzene rings is 1. The van der Waals surface area contributed by atoms with Gasteiger partial charge >= 0.3 is 105 Å². The Balaban J connectivity index is 0.000000213. The second-order valence-electron chi connectivity index (χ2n) is 3.58. The molecule has 5 heteroatoms. The van der Waals surface area contributed by atoms with E-state index in [1.54, 1.807) is 5.56 Å². The number of hydrogen-bond acceptors (Lipinski definition) is 3. The molecular weight excluding hydrogens is 206 g/mol. The first-order valence-electron chi connectivity index (χ1n) is 4.70. The molecule has 2 rings (SSSR count). The third kappa shape index (κ3) is 5.04. The van der Waals surface area contributed by atoms with Crippen LogP contribution in [-0.2, 0) is 0 Å². The van der Waals surface area contributed by atoms with Crippen LogP contribution in [0.4, 0.5) is 0 Å². The SMILES string of the molecule is OB(O)O.[K][CH]1CC1c1ccccc1. The van der Waals surface area contributed by atoms with E-state index in [1.165, 1.54) is 6.42 Å². The molecule has 3 nitrogen and oxygen atoms in total. The Morgan fingerprint density at radius 1 is 1.14 bits per heavy atom. The van der Waals surface area contributed by atoms with Crippen molar-refractivity contribution in [3.05, 3.63) is 35.9 Å². The Morgan fingerprint density at radius 3 is 1.93 bits per heavy atom. The molecule has 0 saturated heterocycles. The van der Waals surface area contributed by atoms with Crippen LogP contribution in [0, 0.1) is 0 Å². The van der Waals surface area contributed by atoms with Crippen LogP contribution in [0.2, 0.25) is 0.0125 Å². The molecule has 2 atom stereocenters. The Bertz CT molecular complexity index is 265. The molecule has 0 spiro atoms. The van der Waals surface area contributed by atoms with E-state index in [9.17, 15) is 0 Å². The van der Waals surface area contributed by atoms with Crippen molar-refractivity contribution in [2.75, 3.05) is 0 Å². The zero-order valence-corrected chi connectivity index (χ0v) is 11.3. The molecule has 1 aliphatic rings. The monoisotopic (exact) mass is 218 g/mol. The summed E-state index contributed by atoms with van der Waals surface area (Å²) >= 11 is 1.05. The van der Waals surface area contributed by atoms with Gasteiger partial charge in [0.05, 0.1) is 0 Å². The zero-order valence-electron chi connectivity index (χ0n) is 8.17. The predicted octanol–water partition coefficient (Wildman–Crippen LogP) is 0.0791. The van der Waals surface area contributed by atoms with Gasteiger partial charge in [-0.1, -0.05) is 0 Å². The Hall–Kier alpha value is 0.801. The molecule has 0 bridgehead atoms. The molecule has 1 saturated carbocycles. The van der Waals surface area contributed by atoms with Gasteiger partial charge in [0, 0.05) is 0 Å². The summed E-state index contributed by atoms with van der Waals surface area (Å²) in [6, 6.07) is 10.9. The summed E-state index contributed by atoms with van der Waals surface area (Å²) in [5.74, 6) is 0.959. The fourth-order valence-electron chi connectivity index (χ4n) is 1.49. The maximum absolute atomic E-state index is 7.17. The van der Waals surface area contributed by atoms with Gasteiger partial charge in [0.2, 0.25) is 0 Å². The van der Waals surface area contributed by atoms with Crippen LogP contribution in [0.3, 0.4) is 0 Å². The van der Waals surface area contributed by atoms with Crippen molar-refractivity contribution in [2.24, 2.45) is 0 Å². The van der Waals surface area contributed by atoms with Crippen molar-refractivity contribution >= 4 is 56.3 Å². The number of hydrogen-bond donors (Lipinski definition) is 3. The first-order valence-corrected chi connectivity index (χ1v) is 6.50. The van der Waals surface area contributed by atoms with Gasteiger partial charge in [0.15, 0.2) is 0 Å². The van der Waals surface area contributed by atoms with Gasteiger partial charge in [-0.2, -0.15) is 0 Å². The van der Waals surface area contributed by atoms with Crippen molar-refractivity contribution in [1.82, 2.24) is 0 Å². The summed E-state index contributed by atoms with van der Waals surface area (Å²) < 4.78 is 1.12.